The van der Waals surface area contributed by atoms with Crippen molar-refractivity contribution in [3.63, 3.8) is 0 Å². The van der Waals surface area contributed by atoms with Crippen molar-refractivity contribution in [3.05, 3.63) is 82.9 Å². The Morgan fingerprint density at radius 2 is 1.29 bits per heavy atom. The highest BCUT2D eigenvalue weighted by Gasteiger charge is 2.19. The molecule has 0 atom stereocenters. The molecule has 0 saturated carbocycles. The number of nitro groups is 1. The molecular weight excluding hydrogens is 677 g/mol. The highest BCUT2D eigenvalue weighted by molar-refractivity contribution is 7.99. The molecule has 0 unspecified atom stereocenters. The Hall–Kier alpha value is -5.28. The molecule has 4 aromatic carbocycles. The van der Waals surface area contributed by atoms with Gasteiger partial charge in [0.15, 0.2) is 42.0 Å². The fourth-order valence-corrected chi connectivity index (χ4v) is 6.07. The van der Waals surface area contributed by atoms with Gasteiger partial charge < -0.3 is 38.5 Å². The third-order valence-corrected chi connectivity index (χ3v) is 8.50. The minimum atomic E-state index is -0.593. The summed E-state index contributed by atoms with van der Waals surface area (Å²) in [6.45, 7) is 1.52. The van der Waals surface area contributed by atoms with Gasteiger partial charge >= 0.3 is 11.7 Å². The maximum absolute atomic E-state index is 11.5. The molecule has 1 aliphatic rings. The number of nitrogens with zero attached hydrogens (tertiary/aromatic N) is 1. The maximum Gasteiger partial charge on any atom is 0.344 e. The van der Waals surface area contributed by atoms with Gasteiger partial charge in [0.2, 0.25) is 0 Å². The molecule has 5 rings (SSSR count). The minimum Gasteiger partial charge on any atom is -0.493 e. The average Bonchev–Trinajstić information content (AvgIpc) is 3.11. The Labute approximate surface area is 291 Å². The number of hydrogen-bond acceptors (Lipinski definition) is 13. The number of carbonyl (C=O) groups is 2. The topological polar surface area (TPSA) is 154 Å². The fraction of sp³-hybridized carbons (Fsp3) is 0.235. The first-order valence-electron chi connectivity index (χ1n) is 14.6. The zero-order valence-corrected chi connectivity index (χ0v) is 28.9. The lowest BCUT2D eigenvalue weighted by Gasteiger charge is -2.18. The molecule has 15 heteroatoms. The molecule has 0 radical (unpaired) electrons. The number of fused-ring (bicyclic) bond motifs is 1. The van der Waals surface area contributed by atoms with Gasteiger partial charge in [-0.25, -0.2) is 4.79 Å². The molecule has 0 bridgehead atoms. The number of ether oxygens (including phenoxy) is 7. The Morgan fingerprint density at radius 3 is 1.82 bits per heavy atom. The summed E-state index contributed by atoms with van der Waals surface area (Å²) < 4.78 is 36.5. The second kappa shape index (κ2) is 17.8. The van der Waals surface area contributed by atoms with Gasteiger partial charge in [-0.05, 0) is 67.6 Å². The zero-order chi connectivity index (χ0) is 35.3. The second-order valence-corrected chi connectivity index (χ2v) is 12.0. The number of methoxy groups -OCH3 is 4. The van der Waals surface area contributed by atoms with E-state index >= 15 is 0 Å². The Morgan fingerprint density at radius 1 is 0.776 bits per heavy atom. The van der Waals surface area contributed by atoms with Gasteiger partial charge in [0, 0.05) is 31.7 Å². The van der Waals surface area contributed by atoms with Gasteiger partial charge in [-0.1, -0.05) is 23.5 Å². The normalized spacial score (nSPS) is 11.4. The summed E-state index contributed by atoms with van der Waals surface area (Å²) in [5.41, 5.74) is 0.476. The molecule has 0 saturated heterocycles. The number of amides is 1. The number of hydrogen-bond donors (Lipinski definition) is 1. The fourth-order valence-electron chi connectivity index (χ4n) is 4.31. The van der Waals surface area contributed by atoms with Crippen molar-refractivity contribution in [1.29, 1.82) is 0 Å². The lowest BCUT2D eigenvalue weighted by atomic mass is 10.2. The standard InChI is InChI=1S/C18H19NO7S.C16H15NO4S/c1-4-25-18(20)11-26-16-9-12(5-7-14(16)19(21)22)27-13-6-8-15(23-2)17(10-13)24-3;1-19-13-6-4-11(8-15(13)20-2)22-10-3-5-12-14(7-10)21-9-16(18)17-12/h5-10H,4,11H2,1-3H3;3-8H,9H2,1-2H3,(H,17,18). The van der Waals surface area contributed by atoms with Crippen molar-refractivity contribution >= 4 is 46.8 Å². The number of nitrogens with one attached hydrogen (secondary N) is 1. The Bertz CT molecular complexity index is 1800. The van der Waals surface area contributed by atoms with Gasteiger partial charge in [0.25, 0.3) is 5.91 Å². The summed E-state index contributed by atoms with van der Waals surface area (Å²) in [7, 11) is 6.31. The molecule has 1 aliphatic heterocycles. The summed E-state index contributed by atoms with van der Waals surface area (Å²) in [5, 5.41) is 14.0. The molecule has 0 spiro atoms. The van der Waals surface area contributed by atoms with Crippen LogP contribution in [0.1, 0.15) is 6.92 Å². The van der Waals surface area contributed by atoms with Crippen LogP contribution in [0.2, 0.25) is 0 Å². The lowest BCUT2D eigenvalue weighted by molar-refractivity contribution is -0.385. The smallest absolute Gasteiger partial charge is 0.344 e. The molecule has 258 valence electrons. The monoisotopic (exact) mass is 710 g/mol. The molecule has 13 nitrogen and oxygen atoms in total. The van der Waals surface area contributed by atoms with Crippen LogP contribution in [0.5, 0.6) is 34.5 Å². The molecule has 0 fully saturated rings. The lowest BCUT2D eigenvalue weighted by Crippen LogP contribution is -2.25. The summed E-state index contributed by atoms with van der Waals surface area (Å²) in [5.74, 6) is 2.52. The molecule has 1 N–H and O–H groups in total. The zero-order valence-electron chi connectivity index (χ0n) is 27.3. The van der Waals surface area contributed by atoms with Crippen LogP contribution < -0.4 is 33.7 Å². The van der Waals surface area contributed by atoms with Crippen LogP contribution in [-0.2, 0) is 14.3 Å². The SMILES string of the molecule is CCOC(=O)COc1cc(Sc2ccc(OC)c(OC)c2)ccc1[N+](=O)[O-].COc1ccc(Sc2ccc3c(c2)OCC(=O)N3)cc1OC. The van der Waals surface area contributed by atoms with E-state index in [4.69, 9.17) is 33.2 Å². The number of benzene rings is 4. The summed E-state index contributed by atoms with van der Waals surface area (Å²) >= 11 is 2.94. The van der Waals surface area contributed by atoms with E-state index in [2.05, 4.69) is 5.32 Å². The van der Waals surface area contributed by atoms with Crippen molar-refractivity contribution in [2.45, 2.75) is 26.5 Å². The van der Waals surface area contributed by atoms with Crippen LogP contribution in [0.25, 0.3) is 0 Å². The Balaban J connectivity index is 0.000000225. The number of carbonyl (C=O) groups excluding carboxylic acids is 2. The molecule has 1 heterocycles. The van der Waals surface area contributed by atoms with Gasteiger partial charge in [0.1, 0.15) is 5.75 Å². The second-order valence-electron chi connectivity index (χ2n) is 9.71. The van der Waals surface area contributed by atoms with Gasteiger partial charge in [-0.15, -0.1) is 0 Å². The first-order chi connectivity index (χ1) is 23.7. The van der Waals surface area contributed by atoms with Gasteiger partial charge in [-0.3, -0.25) is 14.9 Å². The van der Waals surface area contributed by atoms with E-state index in [-0.39, 0.29) is 30.6 Å². The predicted octanol–water partition coefficient (Wildman–Crippen LogP) is 6.89. The van der Waals surface area contributed by atoms with Crippen LogP contribution >= 0.6 is 23.5 Å². The highest BCUT2D eigenvalue weighted by Crippen LogP contribution is 2.40. The van der Waals surface area contributed by atoms with Crippen LogP contribution in [-0.4, -0.2) is 65.1 Å². The van der Waals surface area contributed by atoms with Crippen molar-refractivity contribution < 1.29 is 47.7 Å². The first-order valence-corrected chi connectivity index (χ1v) is 16.2. The van der Waals surface area contributed by atoms with Gasteiger partial charge in [0.05, 0.1) is 45.7 Å². The number of rotatable bonds is 13. The molecule has 4 aromatic rings. The number of anilines is 1. The van der Waals surface area contributed by atoms with E-state index < -0.39 is 17.5 Å². The van der Waals surface area contributed by atoms with Crippen LogP contribution in [0.3, 0.4) is 0 Å². The van der Waals surface area contributed by atoms with E-state index in [9.17, 15) is 19.7 Å². The molecule has 0 aliphatic carbocycles. The molecule has 49 heavy (non-hydrogen) atoms. The quantitative estimate of drug-likeness (QED) is 0.0871. The van der Waals surface area contributed by atoms with E-state index in [0.717, 1.165) is 14.7 Å². The summed E-state index contributed by atoms with van der Waals surface area (Å²) in [6, 6.07) is 21.3. The van der Waals surface area contributed by atoms with Crippen LogP contribution in [0.15, 0.2) is 92.4 Å². The third-order valence-electron chi connectivity index (χ3n) is 6.55. The summed E-state index contributed by atoms with van der Waals surface area (Å²) in [6.07, 6.45) is 0. The predicted molar refractivity (Wildman–Crippen MR) is 183 cm³/mol. The summed E-state index contributed by atoms with van der Waals surface area (Å²) in [4.78, 5) is 36.9. The minimum absolute atomic E-state index is 0.00136. The van der Waals surface area contributed by atoms with Crippen molar-refractivity contribution in [2.75, 3.05) is 53.6 Å². The largest absolute Gasteiger partial charge is 0.493 e. The van der Waals surface area contributed by atoms with E-state index in [0.29, 0.717) is 39.3 Å². The molecular formula is C34H34N2O11S2. The van der Waals surface area contributed by atoms with E-state index in [1.165, 1.54) is 23.9 Å². The molecule has 0 aromatic heterocycles. The van der Waals surface area contributed by atoms with E-state index in [1.807, 2.05) is 42.5 Å². The number of esters is 1. The third kappa shape index (κ3) is 10.1. The van der Waals surface area contributed by atoms with Crippen molar-refractivity contribution in [1.82, 2.24) is 0 Å². The number of nitro benzene ring substituents is 1. The molecule has 1 amide bonds. The van der Waals surface area contributed by atoms with Gasteiger partial charge in [-0.2, -0.15) is 0 Å². The maximum atomic E-state index is 11.5. The van der Waals surface area contributed by atoms with Crippen molar-refractivity contribution in [2.24, 2.45) is 0 Å². The first kappa shape index (κ1) is 36.6. The van der Waals surface area contributed by atoms with Crippen LogP contribution in [0, 0.1) is 10.1 Å². The highest BCUT2D eigenvalue weighted by atomic mass is 32.2. The average molecular weight is 711 g/mol. The van der Waals surface area contributed by atoms with Crippen LogP contribution in [0.4, 0.5) is 11.4 Å². The Kier molecular flexibility index (Phi) is 13.2. The van der Waals surface area contributed by atoms with Crippen molar-refractivity contribution in [3.8, 4) is 34.5 Å². The van der Waals surface area contributed by atoms with E-state index in [1.54, 1.807) is 65.3 Å².